The summed E-state index contributed by atoms with van der Waals surface area (Å²) in [6, 6.07) is 8.32. The van der Waals surface area contributed by atoms with Crippen LogP contribution in [0.2, 0.25) is 0 Å². The fourth-order valence-corrected chi connectivity index (χ4v) is 2.72. The van der Waals surface area contributed by atoms with Crippen LogP contribution in [0.1, 0.15) is 16.7 Å². The molecule has 1 aromatic heterocycles. The standard InChI is InChI=1S/C11H6Br2ClNO3/c12-6-1-2-8(13)7(5-6)11(14)9-3-4-10(18-9)15(16)17/h1-5,11H. The van der Waals surface area contributed by atoms with Crippen LogP contribution in [0, 0.1) is 10.1 Å². The second-order valence-corrected chi connectivity index (χ2v) is 5.67. The molecule has 94 valence electrons. The molecule has 0 aliphatic heterocycles. The second kappa shape index (κ2) is 5.42. The Morgan fingerprint density at radius 3 is 2.61 bits per heavy atom. The van der Waals surface area contributed by atoms with E-state index in [-0.39, 0.29) is 5.88 Å². The Balaban J connectivity index is 2.37. The maximum Gasteiger partial charge on any atom is 0.433 e. The Morgan fingerprint density at radius 2 is 2.00 bits per heavy atom. The third-order valence-corrected chi connectivity index (χ3v) is 3.94. The lowest BCUT2D eigenvalue weighted by Gasteiger charge is -2.09. The summed E-state index contributed by atoms with van der Waals surface area (Å²) in [6.07, 6.45) is 0. The molecule has 0 bridgehead atoms. The predicted molar refractivity (Wildman–Crippen MR) is 74.9 cm³/mol. The summed E-state index contributed by atoms with van der Waals surface area (Å²) in [4.78, 5) is 9.95. The van der Waals surface area contributed by atoms with E-state index in [0.717, 1.165) is 14.5 Å². The quantitative estimate of drug-likeness (QED) is 0.416. The molecule has 0 radical (unpaired) electrons. The van der Waals surface area contributed by atoms with E-state index >= 15 is 0 Å². The molecule has 7 heteroatoms. The van der Waals surface area contributed by atoms with Gasteiger partial charge in [-0.3, -0.25) is 10.1 Å². The number of benzene rings is 1. The molecule has 2 aromatic rings. The Morgan fingerprint density at radius 1 is 1.28 bits per heavy atom. The van der Waals surface area contributed by atoms with Crippen LogP contribution >= 0.6 is 43.5 Å². The first-order valence-electron chi connectivity index (χ1n) is 4.82. The van der Waals surface area contributed by atoms with E-state index in [1.165, 1.54) is 12.1 Å². The summed E-state index contributed by atoms with van der Waals surface area (Å²) in [5.74, 6) is 0.0175. The topological polar surface area (TPSA) is 56.3 Å². The number of furan rings is 1. The maximum absolute atomic E-state index is 10.5. The molecular formula is C11H6Br2ClNO3. The molecule has 1 aromatic carbocycles. The molecule has 2 rings (SSSR count). The average Bonchev–Trinajstić information content (AvgIpc) is 2.81. The van der Waals surface area contributed by atoms with E-state index < -0.39 is 10.3 Å². The number of nitro groups is 1. The van der Waals surface area contributed by atoms with Gasteiger partial charge in [0.2, 0.25) is 0 Å². The van der Waals surface area contributed by atoms with Crippen molar-refractivity contribution in [2.24, 2.45) is 0 Å². The number of hydrogen-bond donors (Lipinski definition) is 0. The highest BCUT2D eigenvalue weighted by Crippen LogP contribution is 2.37. The number of rotatable bonds is 3. The van der Waals surface area contributed by atoms with Crippen LogP contribution in [0.3, 0.4) is 0 Å². The molecule has 0 saturated carbocycles. The highest BCUT2D eigenvalue weighted by molar-refractivity contribution is 9.11. The van der Waals surface area contributed by atoms with Crippen molar-refractivity contribution in [3.05, 3.63) is 60.7 Å². The zero-order valence-corrected chi connectivity index (χ0v) is 12.7. The van der Waals surface area contributed by atoms with Gasteiger partial charge >= 0.3 is 5.88 Å². The van der Waals surface area contributed by atoms with E-state index in [4.69, 9.17) is 16.0 Å². The van der Waals surface area contributed by atoms with Crippen molar-refractivity contribution in [1.29, 1.82) is 0 Å². The van der Waals surface area contributed by atoms with Crippen molar-refractivity contribution in [2.75, 3.05) is 0 Å². The van der Waals surface area contributed by atoms with E-state index in [1.54, 1.807) is 0 Å². The first-order chi connectivity index (χ1) is 8.49. The third-order valence-electron chi connectivity index (χ3n) is 2.27. The molecule has 18 heavy (non-hydrogen) atoms. The van der Waals surface area contributed by atoms with Crippen molar-refractivity contribution in [3.8, 4) is 0 Å². The molecule has 1 atom stereocenters. The minimum Gasteiger partial charge on any atom is -0.404 e. The van der Waals surface area contributed by atoms with Crippen LogP contribution in [0.25, 0.3) is 0 Å². The minimum atomic E-state index is -0.594. The SMILES string of the molecule is O=[N+]([O-])c1ccc(C(Cl)c2cc(Br)ccc2Br)o1. The van der Waals surface area contributed by atoms with Crippen molar-refractivity contribution in [3.63, 3.8) is 0 Å². The van der Waals surface area contributed by atoms with Crippen molar-refractivity contribution >= 4 is 49.3 Å². The average molecular weight is 395 g/mol. The highest BCUT2D eigenvalue weighted by atomic mass is 79.9. The zero-order chi connectivity index (χ0) is 13.3. The van der Waals surface area contributed by atoms with Gasteiger partial charge < -0.3 is 4.42 Å². The lowest BCUT2D eigenvalue weighted by Crippen LogP contribution is -1.93. The molecule has 0 saturated heterocycles. The van der Waals surface area contributed by atoms with Crippen molar-refractivity contribution < 1.29 is 9.34 Å². The van der Waals surface area contributed by atoms with Gasteiger partial charge in [-0.15, -0.1) is 11.6 Å². The third kappa shape index (κ3) is 2.76. The molecular weight excluding hydrogens is 389 g/mol. The number of halogens is 3. The zero-order valence-electron chi connectivity index (χ0n) is 8.77. The van der Waals surface area contributed by atoms with Crippen LogP contribution in [0.4, 0.5) is 5.88 Å². The van der Waals surface area contributed by atoms with Gasteiger partial charge in [-0.2, -0.15) is 0 Å². The minimum absolute atomic E-state index is 0.318. The number of hydrogen-bond acceptors (Lipinski definition) is 3. The first kappa shape index (κ1) is 13.6. The van der Waals surface area contributed by atoms with E-state index in [2.05, 4.69) is 31.9 Å². The lowest BCUT2D eigenvalue weighted by molar-refractivity contribution is -0.402. The van der Waals surface area contributed by atoms with Gasteiger partial charge in [-0.1, -0.05) is 31.9 Å². The van der Waals surface area contributed by atoms with Crippen molar-refractivity contribution in [2.45, 2.75) is 5.38 Å². The summed E-state index contributed by atoms with van der Waals surface area (Å²) >= 11 is 13.0. The van der Waals surface area contributed by atoms with E-state index in [9.17, 15) is 10.1 Å². The first-order valence-corrected chi connectivity index (χ1v) is 6.84. The Kier molecular flexibility index (Phi) is 4.09. The molecule has 0 fully saturated rings. The van der Waals surface area contributed by atoms with Crippen molar-refractivity contribution in [1.82, 2.24) is 0 Å². The van der Waals surface area contributed by atoms with Crippen LogP contribution in [-0.4, -0.2) is 4.92 Å². The Labute approximate surface area is 124 Å². The van der Waals surface area contributed by atoms with Crippen LogP contribution in [0.5, 0.6) is 0 Å². The molecule has 0 aliphatic carbocycles. The molecule has 0 aliphatic rings. The summed E-state index contributed by atoms with van der Waals surface area (Å²) in [5.41, 5.74) is 0.773. The Hall–Kier alpha value is -0.850. The molecule has 4 nitrogen and oxygen atoms in total. The highest BCUT2D eigenvalue weighted by Gasteiger charge is 2.21. The van der Waals surface area contributed by atoms with Gasteiger partial charge in [0.05, 0.1) is 6.07 Å². The van der Waals surface area contributed by atoms with E-state index in [1.807, 2.05) is 18.2 Å². The molecule has 0 amide bonds. The molecule has 0 spiro atoms. The maximum atomic E-state index is 10.5. The summed E-state index contributed by atoms with van der Waals surface area (Å²) in [5, 5.41) is 9.95. The fraction of sp³-hybridized carbons (Fsp3) is 0.0909. The molecule has 1 unspecified atom stereocenters. The van der Waals surface area contributed by atoms with Gasteiger partial charge in [-0.25, -0.2) is 0 Å². The van der Waals surface area contributed by atoms with Gasteiger partial charge in [0.1, 0.15) is 16.1 Å². The molecule has 1 heterocycles. The van der Waals surface area contributed by atoms with Crippen LogP contribution in [0.15, 0.2) is 43.7 Å². The summed E-state index contributed by atoms with van der Waals surface area (Å²) in [6.45, 7) is 0. The fourth-order valence-electron chi connectivity index (χ4n) is 1.44. The Bertz CT molecular complexity index is 600. The van der Waals surface area contributed by atoms with Crippen LogP contribution in [-0.2, 0) is 0 Å². The largest absolute Gasteiger partial charge is 0.433 e. The van der Waals surface area contributed by atoms with Gasteiger partial charge in [0.15, 0.2) is 0 Å². The number of alkyl halides is 1. The van der Waals surface area contributed by atoms with E-state index in [0.29, 0.717) is 5.76 Å². The van der Waals surface area contributed by atoms with Gasteiger partial charge in [0.25, 0.3) is 0 Å². The summed E-state index contributed by atoms with van der Waals surface area (Å²) < 4.78 is 6.77. The smallest absolute Gasteiger partial charge is 0.404 e. The van der Waals surface area contributed by atoms with Crippen LogP contribution < -0.4 is 0 Å². The summed E-state index contributed by atoms with van der Waals surface area (Å²) in [7, 11) is 0. The predicted octanol–water partition coefficient (Wildman–Crippen LogP) is 5.04. The van der Waals surface area contributed by atoms with Gasteiger partial charge in [0, 0.05) is 8.95 Å². The second-order valence-electron chi connectivity index (χ2n) is 3.46. The molecule has 0 N–H and O–H groups in total. The number of nitrogens with zero attached hydrogens (tertiary/aromatic N) is 1. The normalized spacial score (nSPS) is 12.4. The lowest BCUT2D eigenvalue weighted by atomic mass is 10.1. The monoisotopic (exact) mass is 393 g/mol. The van der Waals surface area contributed by atoms with Gasteiger partial charge in [-0.05, 0) is 29.8 Å².